The molecule has 1 unspecified atom stereocenters. The third-order valence-electron chi connectivity index (χ3n) is 5.47. The Bertz CT molecular complexity index is 289. The number of nitrogens with zero attached hydrogens (tertiary/aromatic N) is 1. The Labute approximate surface area is 125 Å². The summed E-state index contributed by atoms with van der Waals surface area (Å²) in [4.78, 5) is 2.77. The molecule has 1 atom stereocenters. The molecule has 2 aliphatic rings. The molecule has 0 amide bonds. The van der Waals surface area contributed by atoms with Crippen molar-refractivity contribution < 1.29 is 4.74 Å². The fourth-order valence-electron chi connectivity index (χ4n) is 3.81. The fourth-order valence-corrected chi connectivity index (χ4v) is 3.81. The molecular formula is C17H34N2O. The molecule has 1 saturated heterocycles. The molecule has 1 saturated carbocycles. The van der Waals surface area contributed by atoms with Gasteiger partial charge >= 0.3 is 0 Å². The molecule has 118 valence electrons. The third kappa shape index (κ3) is 3.75. The molecule has 3 heteroatoms. The van der Waals surface area contributed by atoms with Crippen LogP contribution in [0.25, 0.3) is 0 Å². The van der Waals surface area contributed by atoms with E-state index in [0.29, 0.717) is 5.54 Å². The van der Waals surface area contributed by atoms with Crippen LogP contribution in [0.3, 0.4) is 0 Å². The quantitative estimate of drug-likeness (QED) is 0.757. The highest BCUT2D eigenvalue weighted by molar-refractivity contribution is 5.04. The van der Waals surface area contributed by atoms with Crippen LogP contribution in [0.15, 0.2) is 0 Å². The molecule has 20 heavy (non-hydrogen) atoms. The first-order valence-electron chi connectivity index (χ1n) is 8.72. The molecule has 0 aromatic rings. The van der Waals surface area contributed by atoms with E-state index in [2.05, 4.69) is 31.0 Å². The largest absolute Gasteiger partial charge is 0.380 e. The number of hydrogen-bond donors (Lipinski definition) is 1. The monoisotopic (exact) mass is 282 g/mol. The molecule has 1 N–H and O–H groups in total. The first kappa shape index (κ1) is 16.3. The number of ether oxygens (including phenoxy) is 1. The van der Waals surface area contributed by atoms with Crippen LogP contribution < -0.4 is 5.32 Å². The molecule has 2 rings (SSSR count). The Morgan fingerprint density at radius 2 is 1.85 bits per heavy atom. The molecule has 1 heterocycles. The maximum atomic E-state index is 5.76. The Morgan fingerprint density at radius 1 is 1.10 bits per heavy atom. The van der Waals surface area contributed by atoms with Crippen LogP contribution in [-0.4, -0.2) is 48.8 Å². The number of hydrogen-bond acceptors (Lipinski definition) is 3. The van der Waals surface area contributed by atoms with Gasteiger partial charge in [0.2, 0.25) is 0 Å². The normalized spacial score (nSPS) is 30.8. The van der Waals surface area contributed by atoms with Gasteiger partial charge in [-0.15, -0.1) is 0 Å². The second-order valence-electron chi connectivity index (χ2n) is 7.09. The SMILES string of the molecule is CCCOCCN1CC(C)(CC)NCC12CCCCC2. The van der Waals surface area contributed by atoms with Gasteiger partial charge in [0.05, 0.1) is 6.61 Å². The topological polar surface area (TPSA) is 24.5 Å². The Balaban J connectivity index is 1.98. The predicted octanol–water partition coefficient (Wildman–Crippen LogP) is 3.19. The molecule has 1 aliphatic carbocycles. The highest BCUT2D eigenvalue weighted by Gasteiger charge is 2.44. The van der Waals surface area contributed by atoms with Crippen LogP contribution in [0.1, 0.15) is 65.7 Å². The summed E-state index contributed by atoms with van der Waals surface area (Å²) in [5.41, 5.74) is 0.704. The van der Waals surface area contributed by atoms with Gasteiger partial charge < -0.3 is 10.1 Å². The highest BCUT2D eigenvalue weighted by Crippen LogP contribution is 2.37. The zero-order chi connectivity index (χ0) is 14.5. The predicted molar refractivity (Wildman–Crippen MR) is 85.2 cm³/mol. The lowest BCUT2D eigenvalue weighted by Crippen LogP contribution is -2.69. The molecule has 2 fully saturated rings. The van der Waals surface area contributed by atoms with Crippen LogP contribution in [0, 0.1) is 0 Å². The van der Waals surface area contributed by atoms with Gasteiger partial charge in [-0.05, 0) is 32.6 Å². The van der Waals surface area contributed by atoms with Gasteiger partial charge in [-0.2, -0.15) is 0 Å². The number of rotatable bonds is 6. The van der Waals surface area contributed by atoms with Gasteiger partial charge in [0.1, 0.15) is 0 Å². The Hall–Kier alpha value is -0.120. The zero-order valence-corrected chi connectivity index (χ0v) is 13.8. The standard InChI is InChI=1S/C17H34N2O/c1-4-12-20-13-11-19-15-16(3,5-2)18-14-17(19)9-7-6-8-10-17/h18H,4-15H2,1-3H3. The molecule has 3 nitrogen and oxygen atoms in total. The second-order valence-corrected chi connectivity index (χ2v) is 7.09. The average Bonchev–Trinajstić information content (AvgIpc) is 2.49. The van der Waals surface area contributed by atoms with Crippen molar-refractivity contribution >= 4 is 0 Å². The molecule has 0 aromatic heterocycles. The Kier molecular flexibility index (Phi) is 5.88. The van der Waals surface area contributed by atoms with E-state index in [1.165, 1.54) is 51.6 Å². The maximum Gasteiger partial charge on any atom is 0.0593 e. The van der Waals surface area contributed by atoms with Crippen molar-refractivity contribution in [3.05, 3.63) is 0 Å². The van der Waals surface area contributed by atoms with Crippen molar-refractivity contribution in [1.29, 1.82) is 0 Å². The van der Waals surface area contributed by atoms with E-state index in [1.54, 1.807) is 0 Å². The summed E-state index contributed by atoms with van der Waals surface area (Å²) in [6, 6.07) is 0. The van der Waals surface area contributed by atoms with Crippen molar-refractivity contribution in [1.82, 2.24) is 10.2 Å². The van der Waals surface area contributed by atoms with Crippen LogP contribution in [0.5, 0.6) is 0 Å². The summed E-state index contributed by atoms with van der Waals surface area (Å²) in [6.45, 7) is 12.1. The molecule has 0 bridgehead atoms. The zero-order valence-electron chi connectivity index (χ0n) is 13.8. The van der Waals surface area contributed by atoms with Crippen molar-refractivity contribution in [2.75, 3.05) is 32.8 Å². The second kappa shape index (κ2) is 7.24. The van der Waals surface area contributed by atoms with E-state index in [1.807, 2.05) is 0 Å². The smallest absolute Gasteiger partial charge is 0.0593 e. The van der Waals surface area contributed by atoms with Crippen molar-refractivity contribution in [3.8, 4) is 0 Å². The van der Waals surface area contributed by atoms with E-state index in [-0.39, 0.29) is 5.54 Å². The van der Waals surface area contributed by atoms with Crippen molar-refractivity contribution in [2.45, 2.75) is 76.8 Å². The summed E-state index contributed by atoms with van der Waals surface area (Å²) in [7, 11) is 0. The first-order valence-corrected chi connectivity index (χ1v) is 8.72. The minimum absolute atomic E-state index is 0.285. The molecular weight excluding hydrogens is 248 g/mol. The highest BCUT2D eigenvalue weighted by atomic mass is 16.5. The van der Waals surface area contributed by atoms with Crippen LogP contribution in [-0.2, 0) is 4.74 Å². The lowest BCUT2D eigenvalue weighted by molar-refractivity contribution is -0.0320. The van der Waals surface area contributed by atoms with Crippen molar-refractivity contribution in [3.63, 3.8) is 0 Å². The fraction of sp³-hybridized carbons (Fsp3) is 1.00. The summed E-state index contributed by atoms with van der Waals surface area (Å²) in [5, 5.41) is 3.85. The van der Waals surface area contributed by atoms with Crippen molar-refractivity contribution in [2.24, 2.45) is 0 Å². The van der Waals surface area contributed by atoms with E-state index in [9.17, 15) is 0 Å². The minimum Gasteiger partial charge on any atom is -0.380 e. The van der Waals surface area contributed by atoms with Gasteiger partial charge in [-0.25, -0.2) is 0 Å². The summed E-state index contributed by atoms with van der Waals surface area (Å²) in [5.74, 6) is 0. The van der Waals surface area contributed by atoms with E-state index in [4.69, 9.17) is 4.74 Å². The van der Waals surface area contributed by atoms with Gasteiger partial charge in [0, 0.05) is 37.3 Å². The van der Waals surface area contributed by atoms with Gasteiger partial charge in [0.25, 0.3) is 0 Å². The van der Waals surface area contributed by atoms with Crippen LogP contribution >= 0.6 is 0 Å². The minimum atomic E-state index is 0.285. The summed E-state index contributed by atoms with van der Waals surface area (Å²) in [6.07, 6.45) is 9.29. The molecule has 1 spiro atoms. The van der Waals surface area contributed by atoms with Crippen LogP contribution in [0.4, 0.5) is 0 Å². The van der Waals surface area contributed by atoms with Crippen LogP contribution in [0.2, 0.25) is 0 Å². The first-order chi connectivity index (χ1) is 9.64. The summed E-state index contributed by atoms with van der Waals surface area (Å²) >= 11 is 0. The molecule has 0 aromatic carbocycles. The average molecular weight is 282 g/mol. The molecule has 0 radical (unpaired) electrons. The summed E-state index contributed by atoms with van der Waals surface area (Å²) < 4.78 is 5.76. The van der Waals surface area contributed by atoms with Gasteiger partial charge in [0.15, 0.2) is 0 Å². The number of nitrogens with one attached hydrogen (secondary N) is 1. The van der Waals surface area contributed by atoms with Gasteiger partial charge in [-0.3, -0.25) is 4.90 Å². The van der Waals surface area contributed by atoms with E-state index in [0.717, 1.165) is 26.2 Å². The van der Waals surface area contributed by atoms with E-state index < -0.39 is 0 Å². The number of piperazine rings is 1. The lowest BCUT2D eigenvalue weighted by atomic mass is 9.76. The third-order valence-corrected chi connectivity index (χ3v) is 5.47. The Morgan fingerprint density at radius 3 is 2.50 bits per heavy atom. The van der Waals surface area contributed by atoms with Gasteiger partial charge in [-0.1, -0.05) is 33.1 Å². The van der Waals surface area contributed by atoms with E-state index >= 15 is 0 Å². The molecule has 1 aliphatic heterocycles. The maximum absolute atomic E-state index is 5.76. The lowest BCUT2D eigenvalue weighted by Gasteiger charge is -2.55.